The highest BCUT2D eigenvalue weighted by Crippen LogP contribution is 2.58. The number of fused-ring (bicyclic) bond motifs is 16. The lowest BCUT2D eigenvalue weighted by Crippen LogP contribution is -2.61. The molecular formula is C75H66B2N4O. The minimum atomic E-state index is -0.0837. The van der Waals surface area contributed by atoms with E-state index in [4.69, 9.17) is 4.42 Å². The van der Waals surface area contributed by atoms with E-state index in [0.29, 0.717) is 0 Å². The van der Waals surface area contributed by atoms with Gasteiger partial charge in [-0.25, -0.2) is 0 Å². The van der Waals surface area contributed by atoms with Crippen LogP contribution in [0.3, 0.4) is 0 Å². The highest BCUT2D eigenvalue weighted by Gasteiger charge is 2.54. The van der Waals surface area contributed by atoms with Gasteiger partial charge in [-0.1, -0.05) is 172 Å². The van der Waals surface area contributed by atoms with Gasteiger partial charge in [0.05, 0.1) is 17.1 Å². The maximum absolute atomic E-state index is 6.71. The average Bonchev–Trinajstić information content (AvgIpc) is 1.54. The van der Waals surface area contributed by atoms with Gasteiger partial charge in [-0.05, 0) is 182 Å². The molecule has 11 aromatic rings. The van der Waals surface area contributed by atoms with E-state index in [1.807, 2.05) is 0 Å². The first-order chi connectivity index (χ1) is 39.3. The molecule has 0 N–H and O–H groups in total. The van der Waals surface area contributed by atoms with Crippen molar-refractivity contribution in [2.45, 2.75) is 99.3 Å². The smallest absolute Gasteiger partial charge is 0.422 e. The number of rotatable bonds is 3. The minimum Gasteiger partial charge on any atom is -0.455 e. The van der Waals surface area contributed by atoms with Crippen molar-refractivity contribution in [1.82, 2.24) is 0 Å². The Morgan fingerprint density at radius 2 is 0.927 bits per heavy atom. The number of hydrogen-bond donors (Lipinski definition) is 0. The molecule has 0 atom stereocenters. The largest absolute Gasteiger partial charge is 0.455 e. The van der Waals surface area contributed by atoms with Gasteiger partial charge in [-0.3, -0.25) is 0 Å². The summed E-state index contributed by atoms with van der Waals surface area (Å²) in [4.78, 5) is 10.6. The Hall–Kier alpha value is -8.67. The van der Waals surface area contributed by atoms with E-state index in [0.717, 1.165) is 33.1 Å². The van der Waals surface area contributed by atoms with Gasteiger partial charge in [-0.2, -0.15) is 0 Å². The second kappa shape index (κ2) is 16.7. The molecule has 5 aliphatic rings. The number of nitrogens with zero attached hydrogens (tertiary/aromatic N) is 4. The summed E-state index contributed by atoms with van der Waals surface area (Å²) in [6, 6.07) is 70.2. The van der Waals surface area contributed by atoms with Crippen molar-refractivity contribution in [1.29, 1.82) is 0 Å². The molecular weight excluding hydrogens is 994 g/mol. The topological polar surface area (TPSA) is 26.1 Å². The van der Waals surface area contributed by atoms with Crippen LogP contribution in [-0.2, 0) is 16.2 Å². The third-order valence-electron chi connectivity index (χ3n) is 18.8. The molecule has 7 heteroatoms. The minimum absolute atomic E-state index is 0.0176. The van der Waals surface area contributed by atoms with Gasteiger partial charge in [0.25, 0.3) is 6.71 Å². The first kappa shape index (κ1) is 49.2. The van der Waals surface area contributed by atoms with Crippen molar-refractivity contribution in [2.24, 2.45) is 0 Å². The zero-order chi connectivity index (χ0) is 56.2. The first-order valence-electron chi connectivity index (χ1n) is 29.5. The van der Waals surface area contributed by atoms with Gasteiger partial charge in [0.1, 0.15) is 11.2 Å². The summed E-state index contributed by atoms with van der Waals surface area (Å²) in [7, 11) is 0. The van der Waals surface area contributed by atoms with E-state index >= 15 is 0 Å². The second-order valence-corrected chi connectivity index (χ2v) is 27.2. The maximum Gasteiger partial charge on any atom is 0.422 e. The summed E-state index contributed by atoms with van der Waals surface area (Å²) < 4.78 is 6.71. The van der Waals surface area contributed by atoms with E-state index in [-0.39, 0.29) is 29.9 Å². The fourth-order valence-corrected chi connectivity index (χ4v) is 14.9. The summed E-state index contributed by atoms with van der Waals surface area (Å²) in [5.41, 5.74) is 34.4. The van der Waals surface area contributed by atoms with Crippen LogP contribution in [0.15, 0.2) is 186 Å². The van der Waals surface area contributed by atoms with Crippen LogP contribution in [0.25, 0.3) is 55.3 Å². The summed E-state index contributed by atoms with van der Waals surface area (Å²) in [6.45, 7) is 27.8. The molecule has 0 radical (unpaired) electrons. The quantitative estimate of drug-likeness (QED) is 0.164. The molecule has 0 amide bonds. The second-order valence-electron chi connectivity index (χ2n) is 27.2. The lowest BCUT2D eigenvalue weighted by Gasteiger charge is -2.45. The van der Waals surface area contributed by atoms with Crippen LogP contribution < -0.4 is 41.3 Å². The van der Waals surface area contributed by atoms with Crippen molar-refractivity contribution < 1.29 is 4.42 Å². The van der Waals surface area contributed by atoms with Crippen molar-refractivity contribution in [3.05, 3.63) is 215 Å². The summed E-state index contributed by atoms with van der Waals surface area (Å²) in [5, 5.41) is 2.28. The van der Waals surface area contributed by atoms with E-state index < -0.39 is 0 Å². The first-order valence-corrected chi connectivity index (χ1v) is 29.5. The van der Waals surface area contributed by atoms with Gasteiger partial charge in [0.15, 0.2) is 0 Å². The van der Waals surface area contributed by atoms with Gasteiger partial charge in [0.2, 0.25) is 0 Å². The Labute approximate surface area is 483 Å². The number of para-hydroxylation sites is 4. The van der Waals surface area contributed by atoms with Crippen molar-refractivity contribution in [2.75, 3.05) is 19.4 Å². The molecule has 398 valence electrons. The number of anilines is 10. The summed E-state index contributed by atoms with van der Waals surface area (Å²) >= 11 is 0. The van der Waals surface area contributed by atoms with Crippen molar-refractivity contribution >= 4 is 114 Å². The molecule has 10 aromatic carbocycles. The SMILES string of the molecule is Cc1cc2c3c(c1)N(c1c(C)cc(-c4cccc5c4oc4ccccc45)cc1C)c1cc4c(cc1B3c1ccc(C(C)(C)C)cc1N2c1ccc(C(C)(C)C)cc1)N1B2c3c(cc(C(C)(C)C)cc3-c3ccccc3N24)-c2ccccc21. The highest BCUT2D eigenvalue weighted by atomic mass is 16.3. The van der Waals surface area contributed by atoms with Crippen LogP contribution in [0.5, 0.6) is 0 Å². The summed E-state index contributed by atoms with van der Waals surface area (Å²) in [6.07, 6.45) is 0. The molecule has 5 nitrogen and oxygen atoms in total. The van der Waals surface area contributed by atoms with E-state index in [9.17, 15) is 0 Å². The number of furan rings is 1. The normalized spacial score (nSPS) is 14.4. The molecule has 16 rings (SSSR count). The summed E-state index contributed by atoms with van der Waals surface area (Å²) in [5.74, 6) is 0. The fourth-order valence-electron chi connectivity index (χ4n) is 14.9. The third kappa shape index (κ3) is 6.83. The monoisotopic (exact) mass is 1060 g/mol. The van der Waals surface area contributed by atoms with Gasteiger partial charge in [-0.15, -0.1) is 0 Å². The molecule has 5 aliphatic heterocycles. The molecule has 6 heterocycles. The highest BCUT2D eigenvalue weighted by molar-refractivity contribution is 7.00. The van der Waals surface area contributed by atoms with E-state index in [1.165, 1.54) is 134 Å². The van der Waals surface area contributed by atoms with Gasteiger partial charge < -0.3 is 23.8 Å². The van der Waals surface area contributed by atoms with Gasteiger partial charge >= 0.3 is 6.98 Å². The fraction of sp³-hybridized carbons (Fsp3) is 0.200. The van der Waals surface area contributed by atoms with Crippen molar-refractivity contribution in [3.63, 3.8) is 0 Å². The van der Waals surface area contributed by atoms with Crippen LogP contribution in [0.1, 0.15) is 95.7 Å². The predicted molar refractivity (Wildman–Crippen MR) is 350 cm³/mol. The zero-order valence-corrected chi connectivity index (χ0v) is 49.2. The molecule has 0 aliphatic carbocycles. The third-order valence-corrected chi connectivity index (χ3v) is 18.8. The predicted octanol–water partition coefficient (Wildman–Crippen LogP) is 17.8. The molecule has 0 saturated carbocycles. The van der Waals surface area contributed by atoms with Crippen LogP contribution >= 0.6 is 0 Å². The van der Waals surface area contributed by atoms with Crippen LogP contribution in [-0.4, -0.2) is 13.7 Å². The van der Waals surface area contributed by atoms with Crippen LogP contribution in [0.4, 0.5) is 56.9 Å². The number of hydrogen-bond acceptors (Lipinski definition) is 5. The lowest BCUT2D eigenvalue weighted by atomic mass is 9.33. The molecule has 1 aromatic heterocycles. The number of aryl methyl sites for hydroxylation is 3. The van der Waals surface area contributed by atoms with Crippen LogP contribution in [0.2, 0.25) is 0 Å². The van der Waals surface area contributed by atoms with E-state index in [1.54, 1.807) is 0 Å². The van der Waals surface area contributed by atoms with Crippen LogP contribution in [0, 0.1) is 20.8 Å². The Morgan fingerprint density at radius 3 is 1.57 bits per heavy atom. The lowest BCUT2D eigenvalue weighted by molar-refractivity contribution is 0.590. The van der Waals surface area contributed by atoms with E-state index in [2.05, 4.69) is 284 Å². The Bertz CT molecular complexity index is 4560. The number of benzene rings is 10. The molecule has 82 heavy (non-hydrogen) atoms. The Balaban J connectivity index is 0.994. The standard InChI is InChI=1S/C75H66B2N4O/c1-43-34-66-70-67(35-43)79(71-44(2)36-46(37-45(71)3)51-23-19-24-55-54-22-15-18-27-68(54)82-72(51)55)63-42-65-64(41-59(63)76(70)58-33-30-48(74(7,8)9)40-62(58)78(66)50-31-28-47(29-32-50)73(4,5)6)80-60-25-16-13-20-52(60)56-38-49(75(10,11)12)39-57-53-21-14-17-26-61(53)81(65)77(80)69(56)57/h13-42H,1-12H3. The zero-order valence-electron chi connectivity index (χ0n) is 49.2. The Kier molecular flexibility index (Phi) is 10.0. The van der Waals surface area contributed by atoms with Crippen molar-refractivity contribution in [3.8, 4) is 33.4 Å². The molecule has 0 unspecified atom stereocenters. The maximum atomic E-state index is 6.71. The molecule has 0 saturated heterocycles. The van der Waals surface area contributed by atoms with Gasteiger partial charge in [0, 0.05) is 67.3 Å². The molecule has 0 fully saturated rings. The average molecular weight is 1060 g/mol. The molecule has 0 spiro atoms. The Morgan fingerprint density at radius 1 is 0.378 bits per heavy atom. The molecule has 0 bridgehead atoms.